The summed E-state index contributed by atoms with van der Waals surface area (Å²) >= 11 is 0. The van der Waals surface area contributed by atoms with Crippen molar-refractivity contribution in [2.45, 2.75) is 0 Å². The molecule has 2 aromatic heterocycles. The van der Waals surface area contributed by atoms with E-state index in [0.29, 0.717) is 11.2 Å². The molecule has 0 radical (unpaired) electrons. The van der Waals surface area contributed by atoms with E-state index in [1.807, 2.05) is 0 Å². The van der Waals surface area contributed by atoms with E-state index in [-0.39, 0.29) is 18.2 Å². The highest BCUT2D eigenvalue weighted by Gasteiger charge is 2.03. The molecule has 0 aromatic carbocycles. The smallest absolute Gasteiger partial charge is 0.151 e. The predicted octanol–water partition coefficient (Wildman–Crippen LogP) is 1.48. The second-order valence-electron chi connectivity index (χ2n) is 2.25. The van der Waals surface area contributed by atoms with Gasteiger partial charge in [-0.3, -0.25) is 0 Å². The molecule has 64 valence electrons. The maximum atomic E-state index is 12.9. The highest BCUT2D eigenvalue weighted by Crippen LogP contribution is 2.15. The Bertz CT molecular complexity index is 398. The topological polar surface area (TPSA) is 43.3 Å². The number of nitrogens with zero attached hydrogens (tertiary/aromatic N) is 2. The average Bonchev–Trinajstić information content (AvgIpc) is 2.34. The molecule has 0 saturated carbocycles. The molecular formula is C7H7ClFN3. The number of hydrogen-bond donors (Lipinski definition) is 1. The monoisotopic (exact) mass is 187 g/mol. The van der Waals surface area contributed by atoms with Gasteiger partial charge in [0.15, 0.2) is 5.82 Å². The molecule has 0 spiro atoms. The van der Waals surface area contributed by atoms with Gasteiger partial charge in [0.2, 0.25) is 0 Å². The molecule has 0 aliphatic rings. The van der Waals surface area contributed by atoms with E-state index in [1.54, 1.807) is 12.3 Å². The molecular weight excluding hydrogens is 181 g/mol. The van der Waals surface area contributed by atoms with E-state index in [1.165, 1.54) is 16.8 Å². The number of nitrogens with two attached hydrogens (primary N) is 1. The van der Waals surface area contributed by atoms with Crippen LogP contribution in [0, 0.1) is 5.82 Å². The summed E-state index contributed by atoms with van der Waals surface area (Å²) in [6.07, 6.45) is 3.08. The number of halogens is 2. The minimum Gasteiger partial charge on any atom is -0.396 e. The Morgan fingerprint density at radius 3 is 2.92 bits per heavy atom. The van der Waals surface area contributed by atoms with Gasteiger partial charge in [0, 0.05) is 6.20 Å². The van der Waals surface area contributed by atoms with Gasteiger partial charge in [-0.15, -0.1) is 12.4 Å². The molecule has 0 aliphatic carbocycles. The van der Waals surface area contributed by atoms with E-state index in [4.69, 9.17) is 5.73 Å². The van der Waals surface area contributed by atoms with E-state index in [0.717, 1.165) is 0 Å². The lowest BCUT2D eigenvalue weighted by molar-refractivity contribution is 0.631. The summed E-state index contributed by atoms with van der Waals surface area (Å²) in [4.78, 5) is 0. The summed E-state index contributed by atoms with van der Waals surface area (Å²) in [5, 5.41) is 3.83. The summed E-state index contributed by atoms with van der Waals surface area (Å²) in [5.74, 6) is -0.345. The molecule has 3 nitrogen and oxygen atoms in total. The zero-order chi connectivity index (χ0) is 7.84. The first-order chi connectivity index (χ1) is 5.29. The molecule has 0 bridgehead atoms. The van der Waals surface area contributed by atoms with Crippen LogP contribution in [0.4, 0.5) is 10.1 Å². The van der Waals surface area contributed by atoms with Crippen LogP contribution in [0.1, 0.15) is 0 Å². The lowest BCUT2D eigenvalue weighted by atomic mass is 10.3. The highest BCUT2D eigenvalue weighted by atomic mass is 35.5. The van der Waals surface area contributed by atoms with Gasteiger partial charge in [0.05, 0.1) is 11.9 Å². The van der Waals surface area contributed by atoms with Crippen LogP contribution in [0.25, 0.3) is 5.52 Å². The molecule has 0 fully saturated rings. The van der Waals surface area contributed by atoms with Crippen LogP contribution in [0.5, 0.6) is 0 Å². The first kappa shape index (κ1) is 8.80. The zero-order valence-electron chi connectivity index (χ0n) is 6.07. The van der Waals surface area contributed by atoms with Crippen molar-refractivity contribution in [1.29, 1.82) is 0 Å². The van der Waals surface area contributed by atoms with Gasteiger partial charge >= 0.3 is 0 Å². The fraction of sp³-hybridized carbons (Fsp3) is 0. The first-order valence-corrected chi connectivity index (χ1v) is 3.16. The standard InChI is InChI=1S/C7H6FN3.ClH/c8-5-2-1-3-11-7(5)6(9)4-10-11;/h1-4H,9H2;1H. The Hall–Kier alpha value is -1.29. The van der Waals surface area contributed by atoms with Crippen molar-refractivity contribution < 1.29 is 4.39 Å². The lowest BCUT2D eigenvalue weighted by Gasteiger charge is -1.93. The second-order valence-corrected chi connectivity index (χ2v) is 2.25. The van der Waals surface area contributed by atoms with E-state index < -0.39 is 0 Å². The van der Waals surface area contributed by atoms with Gasteiger partial charge in [-0.25, -0.2) is 8.91 Å². The van der Waals surface area contributed by atoms with E-state index >= 15 is 0 Å². The lowest BCUT2D eigenvalue weighted by Crippen LogP contribution is -1.90. The van der Waals surface area contributed by atoms with Gasteiger partial charge in [-0.1, -0.05) is 0 Å². The number of fused-ring (bicyclic) bond motifs is 1. The number of hydrogen-bond acceptors (Lipinski definition) is 2. The molecule has 12 heavy (non-hydrogen) atoms. The second kappa shape index (κ2) is 2.98. The van der Waals surface area contributed by atoms with Crippen molar-refractivity contribution in [2.24, 2.45) is 0 Å². The number of rotatable bonds is 0. The molecule has 5 heteroatoms. The van der Waals surface area contributed by atoms with Crippen molar-refractivity contribution in [1.82, 2.24) is 9.61 Å². The maximum absolute atomic E-state index is 12.9. The normalized spacial score (nSPS) is 9.75. The predicted molar refractivity (Wildman–Crippen MR) is 46.8 cm³/mol. The van der Waals surface area contributed by atoms with Crippen molar-refractivity contribution in [3.63, 3.8) is 0 Å². The molecule has 2 heterocycles. The number of anilines is 1. The van der Waals surface area contributed by atoms with Crippen LogP contribution < -0.4 is 5.73 Å². The van der Waals surface area contributed by atoms with Gasteiger partial charge < -0.3 is 5.73 Å². The molecule has 2 rings (SSSR count). The van der Waals surface area contributed by atoms with Crippen LogP contribution in [0.3, 0.4) is 0 Å². The SMILES string of the molecule is Cl.Nc1cnn2cccc(F)c12. The quantitative estimate of drug-likeness (QED) is 0.679. The fourth-order valence-corrected chi connectivity index (χ4v) is 1.02. The molecule has 0 unspecified atom stereocenters. The fourth-order valence-electron chi connectivity index (χ4n) is 1.02. The molecule has 0 saturated heterocycles. The van der Waals surface area contributed by atoms with Crippen LogP contribution >= 0.6 is 12.4 Å². The van der Waals surface area contributed by atoms with E-state index in [9.17, 15) is 4.39 Å². The summed E-state index contributed by atoms with van der Waals surface area (Å²) in [6, 6.07) is 2.93. The summed E-state index contributed by atoms with van der Waals surface area (Å²) in [7, 11) is 0. The van der Waals surface area contributed by atoms with Crippen molar-refractivity contribution in [3.8, 4) is 0 Å². The Balaban J connectivity index is 0.000000720. The van der Waals surface area contributed by atoms with Crippen LogP contribution in [0.15, 0.2) is 24.5 Å². The Labute approximate surface area is 74.4 Å². The van der Waals surface area contributed by atoms with Gasteiger partial charge in [0.1, 0.15) is 5.52 Å². The average molecular weight is 188 g/mol. The largest absolute Gasteiger partial charge is 0.396 e. The first-order valence-electron chi connectivity index (χ1n) is 3.16. The van der Waals surface area contributed by atoms with Gasteiger partial charge in [-0.05, 0) is 12.1 Å². The Kier molecular flexibility index (Phi) is 2.19. The number of aromatic nitrogens is 2. The molecule has 0 aliphatic heterocycles. The van der Waals surface area contributed by atoms with Gasteiger partial charge in [-0.2, -0.15) is 5.10 Å². The van der Waals surface area contributed by atoms with Crippen molar-refractivity contribution in [2.75, 3.05) is 5.73 Å². The highest BCUT2D eigenvalue weighted by molar-refractivity contribution is 5.85. The molecule has 2 N–H and O–H groups in total. The number of nitrogen functional groups attached to an aromatic ring is 1. The summed E-state index contributed by atoms with van der Waals surface area (Å²) in [6.45, 7) is 0. The molecule has 0 amide bonds. The summed E-state index contributed by atoms with van der Waals surface area (Å²) in [5.41, 5.74) is 6.16. The molecule has 0 atom stereocenters. The molecule has 2 aromatic rings. The van der Waals surface area contributed by atoms with Crippen LogP contribution in [-0.2, 0) is 0 Å². The van der Waals surface area contributed by atoms with Crippen molar-refractivity contribution in [3.05, 3.63) is 30.3 Å². The third-order valence-electron chi connectivity index (χ3n) is 1.52. The minimum absolute atomic E-state index is 0. The van der Waals surface area contributed by atoms with Crippen LogP contribution in [0.2, 0.25) is 0 Å². The van der Waals surface area contributed by atoms with Crippen LogP contribution in [-0.4, -0.2) is 9.61 Å². The zero-order valence-corrected chi connectivity index (χ0v) is 6.88. The Morgan fingerprint density at radius 2 is 2.25 bits per heavy atom. The maximum Gasteiger partial charge on any atom is 0.151 e. The minimum atomic E-state index is -0.345. The Morgan fingerprint density at radius 1 is 1.50 bits per heavy atom. The summed E-state index contributed by atoms with van der Waals surface area (Å²) < 4.78 is 14.3. The van der Waals surface area contributed by atoms with E-state index in [2.05, 4.69) is 5.10 Å². The third-order valence-corrected chi connectivity index (χ3v) is 1.52. The third kappa shape index (κ3) is 1.10. The van der Waals surface area contributed by atoms with Gasteiger partial charge in [0.25, 0.3) is 0 Å². The van der Waals surface area contributed by atoms with Crippen molar-refractivity contribution >= 4 is 23.6 Å². The number of pyridine rings is 1.